The van der Waals surface area contributed by atoms with E-state index in [0.29, 0.717) is 0 Å². The average Bonchev–Trinajstić information content (AvgIpc) is 2.83. The van der Waals surface area contributed by atoms with Gasteiger partial charge in [-0.25, -0.2) is 6.07 Å². The molecule has 0 N–H and O–H groups in total. The Balaban J connectivity index is 0.00000147. The number of fused-ring (bicyclic) bond motifs is 1. The molecule has 0 saturated heterocycles. The molecular weight excluding hydrogens is 292 g/mol. The number of rotatable bonds is 3. The fraction of sp³-hybridized carbons (Fsp3) is 0.389. The summed E-state index contributed by atoms with van der Waals surface area (Å²) in [6, 6.07) is 12.9. The largest absolute Gasteiger partial charge is 2.00 e. The van der Waals surface area contributed by atoms with Gasteiger partial charge in [-0.3, -0.25) is 0 Å². The standard InChI is InChI=1S/C18H21Si.Ti/c1-13-6-5-9-18(14(13)2)19-12-15-10-16-7-3-4-8-17(16)11-15;/h5-6,9-11H,3-4,7-8,12H2,1-2H3;/q-1;+2. The van der Waals surface area contributed by atoms with Crippen LogP contribution >= 0.6 is 0 Å². The third-order valence-corrected chi connectivity index (χ3v) is 5.87. The predicted molar refractivity (Wildman–Crippen MR) is 83.7 cm³/mol. The second-order valence-corrected chi connectivity index (χ2v) is 6.97. The molecule has 0 unspecified atom stereocenters. The molecule has 2 aromatic rings. The van der Waals surface area contributed by atoms with Crippen molar-refractivity contribution in [2.24, 2.45) is 0 Å². The summed E-state index contributed by atoms with van der Waals surface area (Å²) in [6.07, 6.45) is 5.38. The van der Waals surface area contributed by atoms with Gasteiger partial charge in [0, 0.05) is 0 Å². The monoisotopic (exact) mass is 313 g/mol. The molecule has 0 heterocycles. The molecule has 1 aliphatic carbocycles. The summed E-state index contributed by atoms with van der Waals surface area (Å²) in [5.74, 6) is 0. The van der Waals surface area contributed by atoms with Crippen molar-refractivity contribution in [2.45, 2.75) is 45.6 Å². The molecule has 1 aliphatic rings. The van der Waals surface area contributed by atoms with Crippen LogP contribution in [0.5, 0.6) is 0 Å². The Hall–Kier alpha value is -0.499. The molecule has 0 saturated carbocycles. The Morgan fingerprint density at radius 3 is 2.75 bits per heavy atom. The molecule has 2 heteroatoms. The average molecular weight is 313 g/mol. The van der Waals surface area contributed by atoms with E-state index >= 15 is 0 Å². The van der Waals surface area contributed by atoms with Crippen LogP contribution < -0.4 is 5.19 Å². The first-order valence-corrected chi connectivity index (χ1v) is 8.52. The Bertz CT molecular complexity index is 560. The minimum atomic E-state index is 0. The van der Waals surface area contributed by atoms with E-state index in [1.807, 2.05) is 0 Å². The van der Waals surface area contributed by atoms with Gasteiger partial charge in [0.2, 0.25) is 0 Å². The molecule has 0 nitrogen and oxygen atoms in total. The summed E-state index contributed by atoms with van der Waals surface area (Å²) >= 11 is 0. The van der Waals surface area contributed by atoms with Crippen LogP contribution in [0.25, 0.3) is 0 Å². The van der Waals surface area contributed by atoms with Gasteiger partial charge >= 0.3 is 21.7 Å². The van der Waals surface area contributed by atoms with Crippen molar-refractivity contribution in [1.29, 1.82) is 0 Å². The van der Waals surface area contributed by atoms with Crippen LogP contribution in [-0.4, -0.2) is 9.52 Å². The van der Waals surface area contributed by atoms with Crippen molar-refractivity contribution < 1.29 is 21.7 Å². The zero-order valence-corrected chi connectivity index (χ0v) is 15.0. The van der Waals surface area contributed by atoms with E-state index in [4.69, 9.17) is 0 Å². The van der Waals surface area contributed by atoms with Crippen LogP contribution in [0, 0.1) is 13.8 Å². The Morgan fingerprint density at radius 2 is 1.95 bits per heavy atom. The van der Waals surface area contributed by atoms with Crippen molar-refractivity contribution in [3.05, 3.63) is 58.1 Å². The van der Waals surface area contributed by atoms with Gasteiger partial charge in [0.25, 0.3) is 0 Å². The summed E-state index contributed by atoms with van der Waals surface area (Å²) in [5, 5.41) is 1.54. The van der Waals surface area contributed by atoms with Gasteiger partial charge in [-0.2, -0.15) is 22.8 Å². The summed E-state index contributed by atoms with van der Waals surface area (Å²) in [6.45, 7) is 4.47. The van der Waals surface area contributed by atoms with Crippen LogP contribution in [0.3, 0.4) is 0 Å². The zero-order valence-electron chi connectivity index (χ0n) is 12.4. The number of benzene rings is 1. The van der Waals surface area contributed by atoms with Gasteiger partial charge in [-0.1, -0.05) is 55.1 Å². The normalized spacial score (nSPS) is 13.7. The van der Waals surface area contributed by atoms with E-state index in [-0.39, 0.29) is 21.7 Å². The van der Waals surface area contributed by atoms with Crippen LogP contribution in [0.2, 0.25) is 0 Å². The van der Waals surface area contributed by atoms with Gasteiger partial charge in [-0.15, -0.1) is 0 Å². The van der Waals surface area contributed by atoms with E-state index < -0.39 is 0 Å². The maximum atomic E-state index is 2.46. The first-order chi connectivity index (χ1) is 9.24. The van der Waals surface area contributed by atoms with E-state index in [9.17, 15) is 0 Å². The van der Waals surface area contributed by atoms with Crippen LogP contribution in [0.1, 0.15) is 40.7 Å². The summed E-state index contributed by atoms with van der Waals surface area (Å²) in [5.41, 5.74) is 7.73. The molecule has 0 bridgehead atoms. The molecular formula is C18H21SiTi+. The maximum absolute atomic E-state index is 2.46. The minimum Gasteiger partial charge on any atom is -0.207 e. The third kappa shape index (κ3) is 3.39. The first-order valence-electron chi connectivity index (χ1n) is 7.31. The smallest absolute Gasteiger partial charge is 0.207 e. The van der Waals surface area contributed by atoms with E-state index in [1.54, 1.807) is 21.9 Å². The van der Waals surface area contributed by atoms with Gasteiger partial charge in [0.15, 0.2) is 0 Å². The van der Waals surface area contributed by atoms with E-state index in [1.165, 1.54) is 42.9 Å². The maximum Gasteiger partial charge on any atom is 2.00 e. The van der Waals surface area contributed by atoms with Gasteiger partial charge < -0.3 is 0 Å². The summed E-state index contributed by atoms with van der Waals surface area (Å²) in [7, 11) is 0.910. The third-order valence-electron chi connectivity index (χ3n) is 4.36. The van der Waals surface area contributed by atoms with Crippen LogP contribution in [0.15, 0.2) is 30.3 Å². The summed E-state index contributed by atoms with van der Waals surface area (Å²) < 4.78 is 0. The summed E-state index contributed by atoms with van der Waals surface area (Å²) in [4.78, 5) is 0. The van der Waals surface area contributed by atoms with Crippen molar-refractivity contribution in [3.63, 3.8) is 0 Å². The van der Waals surface area contributed by atoms with Gasteiger partial charge in [0.05, 0.1) is 9.52 Å². The number of hydrogen-bond donors (Lipinski definition) is 0. The molecule has 0 spiro atoms. The van der Waals surface area contributed by atoms with Crippen LogP contribution in [-0.2, 0) is 40.6 Å². The fourth-order valence-electron chi connectivity index (χ4n) is 3.01. The minimum absolute atomic E-state index is 0. The Kier molecular flexibility index (Phi) is 5.54. The SMILES string of the molecule is Cc1cccc([Si]Cc2cc3c([cH-]2)CCCC3)c1C.[Ti+2]. The molecule has 0 aliphatic heterocycles. The van der Waals surface area contributed by atoms with E-state index in [0.717, 1.165) is 9.52 Å². The van der Waals surface area contributed by atoms with Crippen molar-refractivity contribution in [1.82, 2.24) is 0 Å². The molecule has 0 aromatic heterocycles. The molecule has 0 amide bonds. The molecule has 0 atom stereocenters. The topological polar surface area (TPSA) is 0 Å². The van der Waals surface area contributed by atoms with Gasteiger partial charge in [-0.05, 0) is 25.0 Å². The Morgan fingerprint density at radius 1 is 1.15 bits per heavy atom. The number of aryl methyl sites for hydroxylation is 3. The molecule has 20 heavy (non-hydrogen) atoms. The van der Waals surface area contributed by atoms with Crippen LogP contribution in [0.4, 0.5) is 0 Å². The molecule has 3 rings (SSSR count). The zero-order chi connectivity index (χ0) is 13.2. The molecule has 0 fully saturated rings. The first kappa shape index (κ1) is 15.9. The molecule has 2 radical (unpaired) electrons. The van der Waals surface area contributed by atoms with Gasteiger partial charge in [0.1, 0.15) is 0 Å². The fourth-order valence-corrected chi connectivity index (χ4v) is 4.29. The second kappa shape index (κ2) is 6.98. The second-order valence-electron chi connectivity index (χ2n) is 5.72. The van der Waals surface area contributed by atoms with Crippen molar-refractivity contribution >= 4 is 14.7 Å². The van der Waals surface area contributed by atoms with Crippen molar-refractivity contribution in [3.8, 4) is 0 Å². The Labute approximate surface area is 140 Å². The molecule has 100 valence electrons. The number of hydrogen-bond acceptors (Lipinski definition) is 0. The van der Waals surface area contributed by atoms with Crippen molar-refractivity contribution in [2.75, 3.05) is 0 Å². The predicted octanol–water partition coefficient (Wildman–Crippen LogP) is 3.43. The quantitative estimate of drug-likeness (QED) is 0.602. The van der Waals surface area contributed by atoms with E-state index in [2.05, 4.69) is 44.2 Å². The molecule has 2 aromatic carbocycles.